The number of hydrogen-bond donors (Lipinski definition) is 5. The Balaban J connectivity index is 1.11. The molecule has 10 nitrogen and oxygen atoms in total. The Bertz CT molecular complexity index is 1590. The molecule has 5 heterocycles. The van der Waals surface area contributed by atoms with Crippen LogP contribution in [-0.2, 0) is 23.9 Å². The first kappa shape index (κ1) is 52.3. The van der Waals surface area contributed by atoms with E-state index in [0.29, 0.717) is 25.4 Å². The first-order chi connectivity index (χ1) is 31.1. The lowest BCUT2D eigenvalue weighted by atomic mass is 9.75. The smallest absolute Gasteiger partial charge is 0.311 e. The molecule has 65 heavy (non-hydrogen) atoms. The van der Waals surface area contributed by atoms with E-state index >= 15 is 0 Å². The van der Waals surface area contributed by atoms with Crippen molar-refractivity contribution in [3.8, 4) is 0 Å². The number of fused-ring (bicyclic) bond motifs is 8. The molecule has 8 bridgehead atoms. The largest absolute Gasteiger partial charge is 0.469 e. The number of allylic oxidation sites excluding steroid dienone is 1. The number of aliphatic hydroxyl groups is 1. The molecule has 5 saturated heterocycles. The molecule has 0 aromatic carbocycles. The predicted octanol–water partition coefficient (Wildman–Crippen LogP) is 8.80. The number of rotatable bonds is 21. The molecule has 1 saturated carbocycles. The van der Waals surface area contributed by atoms with Gasteiger partial charge in [-0.3, -0.25) is 9.59 Å². The zero-order valence-electron chi connectivity index (χ0n) is 42.4. The van der Waals surface area contributed by atoms with Crippen molar-refractivity contribution < 1.29 is 29.0 Å². The molecule has 6 fully saturated rings. The van der Waals surface area contributed by atoms with Gasteiger partial charge in [-0.15, -0.1) is 6.58 Å². The van der Waals surface area contributed by atoms with E-state index in [9.17, 15) is 19.5 Å². The van der Waals surface area contributed by atoms with Gasteiger partial charge < -0.3 is 40.6 Å². The Morgan fingerprint density at radius 3 is 1.95 bits per heavy atom. The molecule has 10 heteroatoms. The minimum absolute atomic E-state index is 0.0532. The molecule has 5 aliphatic heterocycles. The van der Waals surface area contributed by atoms with E-state index in [2.05, 4.69) is 102 Å². The van der Waals surface area contributed by atoms with Crippen LogP contribution in [0.15, 0.2) is 24.3 Å². The van der Waals surface area contributed by atoms with E-state index in [0.717, 1.165) is 56.3 Å². The summed E-state index contributed by atoms with van der Waals surface area (Å²) in [7, 11) is 1.44. The van der Waals surface area contributed by atoms with Crippen LogP contribution < -0.4 is 21.3 Å². The summed E-state index contributed by atoms with van der Waals surface area (Å²) < 4.78 is 11.4. The standard InChI is InChI=1S/C55H94N4O6/c1-12-38-35(8)42-27-43-36(9)40(23-24-48(61)65-26-25-34(7)22-16-21-33(6)20-15-19-32(5)18-14-17-31(3)4)52(58-43)50-51(55(63)64-11)54(62)49-37(10)44(59-53(49)50)28-46-39(13-2)41(30-60)47(57-46)29-45(38)56-42/h12,25,30-33,35-47,49-54,56-59,62H,1,13-24,26-29H2,2-11H3/t32-,33+,35?,36?,37?,38?,39?,40?,41?,42?,43?,44?,45?,46?,47?,49?,50?,51?,52?,53?,54?/m1/s1. The minimum atomic E-state index is -0.846. The lowest BCUT2D eigenvalue weighted by Crippen LogP contribution is -2.52. The predicted molar refractivity (Wildman–Crippen MR) is 262 cm³/mol. The van der Waals surface area contributed by atoms with Gasteiger partial charge in [0.05, 0.1) is 19.1 Å². The Kier molecular flexibility index (Phi) is 19.3. The molecule has 5 N–H and O–H groups in total. The van der Waals surface area contributed by atoms with E-state index in [1.165, 1.54) is 63.9 Å². The van der Waals surface area contributed by atoms with Gasteiger partial charge in [-0.05, 0) is 105 Å². The van der Waals surface area contributed by atoms with Gasteiger partial charge in [-0.1, -0.05) is 118 Å². The third-order valence-electron chi connectivity index (χ3n) is 18.7. The summed E-state index contributed by atoms with van der Waals surface area (Å²) >= 11 is 0. The van der Waals surface area contributed by atoms with Crippen LogP contribution in [0, 0.1) is 76.9 Å². The quantitative estimate of drug-likeness (QED) is 0.0432. The number of ether oxygens (including phenoxy) is 2. The van der Waals surface area contributed by atoms with E-state index in [-0.39, 0.29) is 108 Å². The number of carbonyl (C=O) groups excluding carboxylic acids is 3. The Morgan fingerprint density at radius 1 is 0.723 bits per heavy atom. The lowest BCUT2D eigenvalue weighted by Gasteiger charge is -2.35. The van der Waals surface area contributed by atoms with Crippen LogP contribution in [0.1, 0.15) is 159 Å². The average Bonchev–Trinajstić information content (AvgIpc) is 4.02. The highest BCUT2D eigenvalue weighted by Crippen LogP contribution is 2.53. The Labute approximate surface area is 395 Å². The third-order valence-corrected chi connectivity index (χ3v) is 18.7. The highest BCUT2D eigenvalue weighted by atomic mass is 16.5. The van der Waals surface area contributed by atoms with Crippen LogP contribution in [0.5, 0.6) is 0 Å². The van der Waals surface area contributed by atoms with Crippen LogP contribution in [0.25, 0.3) is 0 Å². The van der Waals surface area contributed by atoms with E-state index in [1.807, 2.05) is 0 Å². The summed E-state index contributed by atoms with van der Waals surface area (Å²) in [5.41, 5.74) is 1.28. The zero-order valence-corrected chi connectivity index (χ0v) is 42.4. The number of hydrogen-bond acceptors (Lipinski definition) is 10. The second-order valence-electron chi connectivity index (χ2n) is 23.2. The molecule has 6 aliphatic rings. The molecular formula is C55H94N4O6. The molecule has 0 radical (unpaired) electrons. The molecule has 0 aromatic rings. The molecule has 1 aliphatic carbocycles. The van der Waals surface area contributed by atoms with Crippen molar-refractivity contribution in [3.63, 3.8) is 0 Å². The highest BCUT2D eigenvalue weighted by molar-refractivity contribution is 5.74. The van der Waals surface area contributed by atoms with E-state index in [1.54, 1.807) is 0 Å². The number of nitrogens with one attached hydrogen (secondary N) is 4. The summed E-state index contributed by atoms with van der Waals surface area (Å²) in [6, 6.07) is 0.759. The van der Waals surface area contributed by atoms with Gasteiger partial charge in [0.25, 0.3) is 0 Å². The molecule has 0 amide bonds. The van der Waals surface area contributed by atoms with E-state index < -0.39 is 12.0 Å². The van der Waals surface area contributed by atoms with Gasteiger partial charge >= 0.3 is 11.9 Å². The second-order valence-corrected chi connectivity index (χ2v) is 23.2. The fraction of sp³-hybridized carbons (Fsp3) is 0.873. The molecule has 0 spiro atoms. The Hall–Kier alpha value is -2.11. The molecule has 19 unspecified atom stereocenters. The fourth-order valence-corrected chi connectivity index (χ4v) is 14.7. The molecule has 370 valence electrons. The van der Waals surface area contributed by atoms with Crippen molar-refractivity contribution >= 4 is 18.2 Å². The molecular weight excluding hydrogens is 813 g/mol. The monoisotopic (exact) mass is 907 g/mol. The van der Waals surface area contributed by atoms with Crippen molar-refractivity contribution in [2.75, 3.05) is 13.7 Å². The summed E-state index contributed by atoms with van der Waals surface area (Å²) in [4.78, 5) is 40.1. The van der Waals surface area contributed by atoms with Crippen LogP contribution >= 0.6 is 0 Å². The van der Waals surface area contributed by atoms with Crippen molar-refractivity contribution in [3.05, 3.63) is 24.3 Å². The topological polar surface area (TPSA) is 138 Å². The van der Waals surface area contributed by atoms with Gasteiger partial charge in [-0.2, -0.15) is 0 Å². The van der Waals surface area contributed by atoms with Gasteiger partial charge in [-0.25, -0.2) is 0 Å². The fourth-order valence-electron chi connectivity index (χ4n) is 14.7. The highest BCUT2D eigenvalue weighted by Gasteiger charge is 2.64. The molecule has 21 atom stereocenters. The Morgan fingerprint density at radius 2 is 1.31 bits per heavy atom. The van der Waals surface area contributed by atoms with Crippen molar-refractivity contribution in [2.45, 2.75) is 213 Å². The van der Waals surface area contributed by atoms with Crippen LogP contribution in [0.4, 0.5) is 0 Å². The van der Waals surface area contributed by atoms with Crippen LogP contribution in [-0.4, -0.2) is 91.5 Å². The lowest BCUT2D eigenvalue weighted by molar-refractivity contribution is -0.152. The van der Waals surface area contributed by atoms with Crippen LogP contribution in [0.3, 0.4) is 0 Å². The first-order valence-corrected chi connectivity index (χ1v) is 26.8. The van der Waals surface area contributed by atoms with E-state index in [4.69, 9.17) is 9.47 Å². The van der Waals surface area contributed by atoms with Crippen molar-refractivity contribution in [1.82, 2.24) is 21.3 Å². The zero-order chi connectivity index (χ0) is 47.1. The van der Waals surface area contributed by atoms with Gasteiger partial charge in [0.1, 0.15) is 12.9 Å². The summed E-state index contributed by atoms with van der Waals surface area (Å²) in [5, 5.41) is 28.4. The summed E-state index contributed by atoms with van der Waals surface area (Å²) in [6.45, 7) is 25.3. The normalized spacial score (nSPS) is 41.1. The number of carbonyl (C=O) groups is 3. The SMILES string of the molecule is C=CC1C2CC3NC(CC4NC5C(C4C)C(O)C(C(=O)OC)C5C4NC(CC(N2)C1C)C(C)C4CCC(=O)OCC=C(C)CCC[C@@H](C)CCC[C@H](C)CCCC(C)C)C(CC)C3C=O. The maximum Gasteiger partial charge on any atom is 0.311 e. The minimum Gasteiger partial charge on any atom is -0.469 e. The van der Waals surface area contributed by atoms with Crippen molar-refractivity contribution in [2.24, 2.45) is 76.9 Å². The van der Waals surface area contributed by atoms with Gasteiger partial charge in [0.15, 0.2) is 0 Å². The summed E-state index contributed by atoms with van der Waals surface area (Å²) in [6.07, 6.45) is 20.6. The van der Waals surface area contributed by atoms with Crippen LogP contribution in [0.2, 0.25) is 0 Å². The van der Waals surface area contributed by atoms with Crippen molar-refractivity contribution in [1.29, 1.82) is 0 Å². The maximum absolute atomic E-state index is 13.8. The van der Waals surface area contributed by atoms with Gasteiger partial charge in [0, 0.05) is 72.5 Å². The number of aldehydes is 1. The number of esters is 2. The first-order valence-electron chi connectivity index (χ1n) is 26.8. The number of methoxy groups -OCH3 is 1. The number of aliphatic hydroxyl groups excluding tert-OH is 1. The second kappa shape index (κ2) is 23.9. The average molecular weight is 907 g/mol. The molecule has 6 rings (SSSR count). The van der Waals surface area contributed by atoms with Gasteiger partial charge in [0.2, 0.25) is 0 Å². The maximum atomic E-state index is 13.8. The molecule has 0 aromatic heterocycles. The summed E-state index contributed by atoms with van der Waals surface area (Å²) in [5.74, 6) is 2.06. The third kappa shape index (κ3) is 12.2.